The van der Waals surface area contributed by atoms with Gasteiger partial charge in [-0.1, -0.05) is 0 Å². The number of nitrogens with one attached hydrogen (secondary N) is 1. The number of H-pyrrole nitrogens is 1. The second kappa shape index (κ2) is 4.66. The molecule has 0 unspecified atom stereocenters. The number of hydrogen-bond acceptors (Lipinski definition) is 7. The van der Waals surface area contributed by atoms with Crippen LogP contribution in [-0.2, 0) is 0 Å². The zero-order valence-corrected chi connectivity index (χ0v) is 11.6. The number of rotatable bonds is 3. The number of aromatic nitrogens is 5. The molecule has 0 radical (unpaired) electrons. The second-order valence-corrected chi connectivity index (χ2v) is 5.55. The Balaban J connectivity index is 1.98. The van der Waals surface area contributed by atoms with Gasteiger partial charge >= 0.3 is 0 Å². The van der Waals surface area contributed by atoms with E-state index < -0.39 is 0 Å². The molecule has 0 atom stereocenters. The summed E-state index contributed by atoms with van der Waals surface area (Å²) in [5, 5.41) is 9.77. The molecule has 4 aromatic rings. The van der Waals surface area contributed by atoms with Crippen molar-refractivity contribution in [1.29, 1.82) is 0 Å². The highest BCUT2D eigenvalue weighted by atomic mass is 32.1. The van der Waals surface area contributed by atoms with E-state index in [1.165, 1.54) is 17.8 Å². The van der Waals surface area contributed by atoms with Crippen molar-refractivity contribution < 1.29 is 4.42 Å². The molecular formula is C12H7N5OS2. The van der Waals surface area contributed by atoms with E-state index in [4.69, 9.17) is 4.42 Å². The lowest BCUT2D eigenvalue weighted by atomic mass is 10.1. The molecule has 0 amide bonds. The first-order valence-corrected chi connectivity index (χ1v) is 7.38. The molecule has 0 saturated heterocycles. The van der Waals surface area contributed by atoms with Crippen molar-refractivity contribution in [2.24, 2.45) is 0 Å². The Hall–Kier alpha value is -2.32. The minimum absolute atomic E-state index is 0.497. The SMILES string of the molecule is c1cc(-c2snc(-c3ncco3)c2-c2nccs2)[nH]n1. The Kier molecular flexibility index (Phi) is 2.68. The van der Waals surface area contributed by atoms with Crippen molar-refractivity contribution in [3.63, 3.8) is 0 Å². The summed E-state index contributed by atoms with van der Waals surface area (Å²) in [6, 6.07) is 1.91. The molecule has 98 valence electrons. The predicted octanol–water partition coefficient (Wildman–Crippen LogP) is 3.31. The normalized spacial score (nSPS) is 11.0. The van der Waals surface area contributed by atoms with E-state index in [1.807, 2.05) is 11.4 Å². The Morgan fingerprint density at radius 1 is 1.15 bits per heavy atom. The van der Waals surface area contributed by atoms with Gasteiger partial charge in [-0.25, -0.2) is 9.97 Å². The van der Waals surface area contributed by atoms with Gasteiger partial charge < -0.3 is 4.42 Å². The smallest absolute Gasteiger partial charge is 0.246 e. The Morgan fingerprint density at radius 3 is 2.85 bits per heavy atom. The summed E-state index contributed by atoms with van der Waals surface area (Å²) in [5.74, 6) is 0.497. The second-order valence-electron chi connectivity index (χ2n) is 3.88. The topological polar surface area (TPSA) is 80.5 Å². The molecule has 4 heterocycles. The third kappa shape index (κ3) is 1.77. The first-order valence-electron chi connectivity index (χ1n) is 5.72. The largest absolute Gasteiger partial charge is 0.443 e. The fraction of sp³-hybridized carbons (Fsp3) is 0. The van der Waals surface area contributed by atoms with Crippen LogP contribution in [0.25, 0.3) is 32.7 Å². The number of hydrogen-bond donors (Lipinski definition) is 1. The maximum Gasteiger partial charge on any atom is 0.246 e. The summed E-state index contributed by atoms with van der Waals surface area (Å²) in [5.41, 5.74) is 2.54. The van der Waals surface area contributed by atoms with Crippen LogP contribution in [0.3, 0.4) is 0 Å². The van der Waals surface area contributed by atoms with Gasteiger partial charge in [-0.2, -0.15) is 9.47 Å². The van der Waals surface area contributed by atoms with Crippen molar-refractivity contribution in [2.75, 3.05) is 0 Å². The maximum absolute atomic E-state index is 5.37. The molecule has 0 aliphatic rings. The summed E-state index contributed by atoms with van der Waals surface area (Å²) in [6.07, 6.45) is 6.63. The maximum atomic E-state index is 5.37. The van der Waals surface area contributed by atoms with Crippen LogP contribution in [-0.4, -0.2) is 24.5 Å². The number of nitrogens with zero attached hydrogens (tertiary/aromatic N) is 4. The van der Waals surface area contributed by atoms with E-state index >= 15 is 0 Å². The molecular weight excluding hydrogens is 294 g/mol. The minimum atomic E-state index is 0.497. The monoisotopic (exact) mass is 301 g/mol. The molecule has 0 fully saturated rings. The molecule has 0 spiro atoms. The van der Waals surface area contributed by atoms with Crippen LogP contribution in [0.5, 0.6) is 0 Å². The van der Waals surface area contributed by atoms with Crippen LogP contribution >= 0.6 is 22.9 Å². The average molecular weight is 301 g/mol. The van der Waals surface area contributed by atoms with Gasteiger partial charge in [0.15, 0.2) is 5.69 Å². The van der Waals surface area contributed by atoms with Gasteiger partial charge in [0.2, 0.25) is 5.89 Å². The molecule has 0 bridgehead atoms. The molecule has 6 nitrogen and oxygen atoms in total. The lowest BCUT2D eigenvalue weighted by Crippen LogP contribution is -1.84. The van der Waals surface area contributed by atoms with E-state index in [0.29, 0.717) is 11.6 Å². The molecule has 4 rings (SSSR count). The van der Waals surface area contributed by atoms with Crippen LogP contribution < -0.4 is 0 Å². The Labute approximate surface area is 121 Å². The average Bonchev–Trinajstić information content (AvgIpc) is 3.23. The highest BCUT2D eigenvalue weighted by Crippen LogP contribution is 2.41. The third-order valence-electron chi connectivity index (χ3n) is 2.72. The van der Waals surface area contributed by atoms with Crippen molar-refractivity contribution in [3.05, 3.63) is 36.3 Å². The van der Waals surface area contributed by atoms with Gasteiger partial charge in [0.1, 0.15) is 11.3 Å². The molecule has 4 aromatic heterocycles. The predicted molar refractivity (Wildman–Crippen MR) is 76.3 cm³/mol. The Morgan fingerprint density at radius 2 is 2.15 bits per heavy atom. The van der Waals surface area contributed by atoms with E-state index in [9.17, 15) is 0 Å². The highest BCUT2D eigenvalue weighted by molar-refractivity contribution is 7.14. The lowest BCUT2D eigenvalue weighted by molar-refractivity contribution is 0.573. The van der Waals surface area contributed by atoms with Crippen molar-refractivity contribution in [1.82, 2.24) is 24.5 Å². The van der Waals surface area contributed by atoms with Gasteiger partial charge in [-0.15, -0.1) is 11.3 Å². The Bertz CT molecular complexity index is 751. The van der Waals surface area contributed by atoms with Crippen LogP contribution in [0, 0.1) is 0 Å². The van der Waals surface area contributed by atoms with E-state index in [1.54, 1.807) is 29.9 Å². The van der Waals surface area contributed by atoms with Gasteiger partial charge in [0, 0.05) is 17.8 Å². The number of oxazole rings is 1. The summed E-state index contributed by atoms with van der Waals surface area (Å²) in [6.45, 7) is 0. The first kappa shape index (κ1) is 11.5. The summed E-state index contributed by atoms with van der Waals surface area (Å²) >= 11 is 2.93. The van der Waals surface area contributed by atoms with Gasteiger partial charge in [-0.3, -0.25) is 5.10 Å². The molecule has 1 N–H and O–H groups in total. The standard InChI is InChI=1S/C12H7N5OS2/c1-2-15-16-7(1)10-8(12-14-4-6-19-12)9(17-20-10)11-13-3-5-18-11/h1-6H,(H,15,16). The van der Waals surface area contributed by atoms with Crippen LogP contribution in [0.4, 0.5) is 0 Å². The first-order chi connectivity index (χ1) is 9.93. The van der Waals surface area contributed by atoms with E-state index in [0.717, 1.165) is 21.1 Å². The zero-order valence-electron chi connectivity index (χ0n) is 9.98. The quantitative estimate of drug-likeness (QED) is 0.628. The molecule has 0 aliphatic heterocycles. The summed E-state index contributed by atoms with van der Waals surface area (Å²) in [7, 11) is 0. The van der Waals surface area contributed by atoms with Crippen LogP contribution in [0.2, 0.25) is 0 Å². The molecule has 0 saturated carbocycles. The molecule has 20 heavy (non-hydrogen) atoms. The molecule has 8 heteroatoms. The van der Waals surface area contributed by atoms with Crippen molar-refractivity contribution in [2.45, 2.75) is 0 Å². The zero-order chi connectivity index (χ0) is 13.4. The van der Waals surface area contributed by atoms with Gasteiger partial charge in [0.25, 0.3) is 0 Å². The number of thiazole rings is 1. The van der Waals surface area contributed by atoms with Gasteiger partial charge in [-0.05, 0) is 17.6 Å². The van der Waals surface area contributed by atoms with E-state index in [2.05, 4.69) is 24.5 Å². The minimum Gasteiger partial charge on any atom is -0.443 e. The van der Waals surface area contributed by atoms with Gasteiger partial charge in [0.05, 0.1) is 22.3 Å². The van der Waals surface area contributed by atoms with E-state index in [-0.39, 0.29) is 0 Å². The summed E-state index contributed by atoms with van der Waals surface area (Å²) in [4.78, 5) is 9.54. The molecule has 0 aliphatic carbocycles. The van der Waals surface area contributed by atoms with Crippen LogP contribution in [0.1, 0.15) is 0 Å². The fourth-order valence-electron chi connectivity index (χ4n) is 1.89. The third-order valence-corrected chi connectivity index (χ3v) is 4.39. The molecule has 0 aromatic carbocycles. The fourth-order valence-corrected chi connectivity index (χ4v) is 3.49. The van der Waals surface area contributed by atoms with Crippen LogP contribution in [0.15, 0.2) is 40.7 Å². The van der Waals surface area contributed by atoms with Crippen molar-refractivity contribution in [3.8, 4) is 32.7 Å². The number of aromatic amines is 1. The highest BCUT2D eigenvalue weighted by Gasteiger charge is 2.23. The summed E-state index contributed by atoms with van der Waals surface area (Å²) < 4.78 is 9.85. The lowest BCUT2D eigenvalue weighted by Gasteiger charge is -1.99. The van der Waals surface area contributed by atoms with Crippen molar-refractivity contribution >= 4 is 22.9 Å².